The van der Waals surface area contributed by atoms with Gasteiger partial charge in [-0.25, -0.2) is 4.39 Å². The smallest absolute Gasteiger partial charge is 0.185 e. The average Bonchev–Trinajstić information content (AvgIpc) is 3.01. The number of hydrogen-bond acceptors (Lipinski definition) is 4. The zero-order valence-corrected chi connectivity index (χ0v) is 10.1. The van der Waals surface area contributed by atoms with Crippen molar-refractivity contribution >= 4 is 11.6 Å². The Morgan fingerprint density at radius 3 is 1.84 bits per heavy atom. The molecule has 2 rings (SSSR count). The Balaban J connectivity index is 2.74. The van der Waals surface area contributed by atoms with Crippen molar-refractivity contribution in [3.8, 4) is 24.3 Å². The number of nitriles is 4. The SMILES string of the molecule is N#CC1(C#N)C(c2c(F)cccc2Cl)C1(C#N)C#N. The van der Waals surface area contributed by atoms with Crippen LogP contribution in [0.5, 0.6) is 0 Å². The summed E-state index contributed by atoms with van der Waals surface area (Å²) >= 11 is 5.87. The van der Waals surface area contributed by atoms with E-state index in [1.807, 2.05) is 0 Å². The van der Waals surface area contributed by atoms with E-state index in [4.69, 9.17) is 32.6 Å². The van der Waals surface area contributed by atoms with Gasteiger partial charge in [-0.15, -0.1) is 0 Å². The first-order valence-corrected chi connectivity index (χ1v) is 5.51. The minimum atomic E-state index is -1.89. The minimum absolute atomic E-state index is 0.00718. The Kier molecular flexibility index (Phi) is 2.68. The van der Waals surface area contributed by atoms with Crippen LogP contribution in [-0.2, 0) is 0 Å². The van der Waals surface area contributed by atoms with Gasteiger partial charge in [0.05, 0.1) is 30.2 Å². The summed E-state index contributed by atoms with van der Waals surface area (Å²) in [6.45, 7) is 0. The molecule has 0 heterocycles. The predicted molar refractivity (Wildman–Crippen MR) is 61.5 cm³/mol. The Bertz CT molecular complexity index is 643. The van der Waals surface area contributed by atoms with Crippen molar-refractivity contribution in [2.75, 3.05) is 0 Å². The van der Waals surface area contributed by atoms with Gasteiger partial charge in [0, 0.05) is 10.6 Å². The van der Waals surface area contributed by atoms with Crippen molar-refractivity contribution in [2.24, 2.45) is 10.8 Å². The van der Waals surface area contributed by atoms with Crippen LogP contribution in [0.15, 0.2) is 18.2 Å². The van der Waals surface area contributed by atoms with Gasteiger partial charge in [-0.3, -0.25) is 0 Å². The number of nitrogens with zero attached hydrogens (tertiary/aromatic N) is 4. The molecule has 19 heavy (non-hydrogen) atoms. The van der Waals surface area contributed by atoms with Crippen molar-refractivity contribution in [3.05, 3.63) is 34.6 Å². The quantitative estimate of drug-likeness (QED) is 0.783. The number of hydrogen-bond donors (Lipinski definition) is 0. The lowest BCUT2D eigenvalue weighted by Gasteiger charge is -2.04. The van der Waals surface area contributed by atoms with Gasteiger partial charge in [0.15, 0.2) is 10.8 Å². The molecular formula is C13H4ClFN4. The molecule has 1 aromatic carbocycles. The van der Waals surface area contributed by atoms with Crippen LogP contribution < -0.4 is 0 Å². The van der Waals surface area contributed by atoms with Crippen LogP contribution in [0.2, 0.25) is 5.02 Å². The molecule has 1 saturated carbocycles. The molecule has 0 N–H and O–H groups in total. The average molecular weight is 271 g/mol. The standard InChI is InChI=1S/C13H4ClFN4/c14-8-2-1-3-9(15)10(8)11-12(4-16,5-17)13(11,6-18)7-19/h1-3,11H. The molecule has 1 aliphatic rings. The van der Waals surface area contributed by atoms with E-state index in [1.165, 1.54) is 12.1 Å². The minimum Gasteiger partial charge on any atom is -0.207 e. The zero-order chi connectivity index (χ0) is 14.3. The largest absolute Gasteiger partial charge is 0.207 e. The summed E-state index contributed by atoms with van der Waals surface area (Å²) in [5, 5.41) is 36.5. The lowest BCUT2D eigenvalue weighted by Crippen LogP contribution is -2.05. The summed E-state index contributed by atoms with van der Waals surface area (Å²) in [7, 11) is 0. The molecule has 0 bridgehead atoms. The molecule has 0 spiro atoms. The molecule has 0 amide bonds. The molecule has 0 aromatic heterocycles. The molecule has 1 aromatic rings. The predicted octanol–water partition coefficient (Wildman–Crippen LogP) is 2.64. The molecule has 0 radical (unpaired) electrons. The normalized spacial score (nSPS) is 18.4. The summed E-state index contributed by atoms with van der Waals surface area (Å²) in [6.07, 6.45) is 0. The van der Waals surface area contributed by atoms with Crippen LogP contribution in [-0.4, -0.2) is 0 Å². The van der Waals surface area contributed by atoms with E-state index in [1.54, 1.807) is 24.3 Å². The molecule has 90 valence electrons. The van der Waals surface area contributed by atoms with Gasteiger partial charge in [0.2, 0.25) is 0 Å². The van der Waals surface area contributed by atoms with Crippen molar-refractivity contribution in [2.45, 2.75) is 5.92 Å². The fourth-order valence-corrected chi connectivity index (χ4v) is 2.63. The summed E-state index contributed by atoms with van der Waals surface area (Å²) in [4.78, 5) is 0. The number of halogens is 2. The fraction of sp³-hybridized carbons (Fsp3) is 0.231. The Hall–Kier alpha value is -2.60. The second-order valence-corrected chi connectivity index (χ2v) is 4.54. The van der Waals surface area contributed by atoms with Gasteiger partial charge in [-0.05, 0) is 12.1 Å². The third-order valence-electron chi connectivity index (χ3n) is 3.40. The maximum atomic E-state index is 13.9. The van der Waals surface area contributed by atoms with Gasteiger partial charge >= 0.3 is 0 Å². The van der Waals surface area contributed by atoms with Gasteiger partial charge in [-0.2, -0.15) is 21.0 Å². The maximum Gasteiger partial charge on any atom is 0.185 e. The molecule has 0 atom stereocenters. The summed E-state index contributed by atoms with van der Waals surface area (Å²) in [5.41, 5.74) is -3.90. The van der Waals surface area contributed by atoms with E-state index < -0.39 is 22.6 Å². The molecule has 1 aliphatic carbocycles. The topological polar surface area (TPSA) is 95.2 Å². The van der Waals surface area contributed by atoms with Gasteiger partial charge < -0.3 is 0 Å². The lowest BCUT2D eigenvalue weighted by molar-refractivity contribution is 0.604. The highest BCUT2D eigenvalue weighted by Gasteiger charge is 2.82. The van der Waals surface area contributed by atoms with Gasteiger partial charge in [0.25, 0.3) is 0 Å². The van der Waals surface area contributed by atoms with E-state index in [-0.39, 0.29) is 10.6 Å². The summed E-state index contributed by atoms with van der Waals surface area (Å²) in [6, 6.07) is 10.5. The molecule has 0 unspecified atom stereocenters. The van der Waals surface area contributed by atoms with Crippen molar-refractivity contribution in [1.29, 1.82) is 21.0 Å². The molecule has 0 saturated heterocycles. The molecular weight excluding hydrogens is 267 g/mol. The van der Waals surface area contributed by atoms with Crippen molar-refractivity contribution < 1.29 is 4.39 Å². The Morgan fingerprint density at radius 1 is 1.00 bits per heavy atom. The van der Waals surface area contributed by atoms with E-state index in [0.29, 0.717) is 0 Å². The van der Waals surface area contributed by atoms with Crippen molar-refractivity contribution in [1.82, 2.24) is 0 Å². The highest BCUT2D eigenvalue weighted by atomic mass is 35.5. The van der Waals surface area contributed by atoms with Crippen LogP contribution in [0.25, 0.3) is 0 Å². The van der Waals surface area contributed by atoms with Gasteiger partial charge in [0.1, 0.15) is 5.82 Å². The first kappa shape index (κ1) is 12.8. The summed E-state index contributed by atoms with van der Waals surface area (Å²) < 4.78 is 13.9. The van der Waals surface area contributed by atoms with E-state index in [9.17, 15) is 4.39 Å². The molecule has 4 nitrogen and oxygen atoms in total. The third kappa shape index (κ3) is 1.28. The first-order chi connectivity index (χ1) is 9.04. The van der Waals surface area contributed by atoms with Crippen LogP contribution in [0.3, 0.4) is 0 Å². The van der Waals surface area contributed by atoms with Crippen LogP contribution in [0.4, 0.5) is 4.39 Å². The zero-order valence-electron chi connectivity index (χ0n) is 9.35. The third-order valence-corrected chi connectivity index (χ3v) is 3.73. The Labute approximate surface area is 113 Å². The Morgan fingerprint density at radius 2 is 1.47 bits per heavy atom. The molecule has 0 aliphatic heterocycles. The van der Waals surface area contributed by atoms with E-state index >= 15 is 0 Å². The maximum absolute atomic E-state index is 13.9. The lowest BCUT2D eigenvalue weighted by atomic mass is 9.98. The van der Waals surface area contributed by atoms with Crippen LogP contribution in [0.1, 0.15) is 11.5 Å². The molecule has 6 heteroatoms. The van der Waals surface area contributed by atoms with E-state index in [2.05, 4.69) is 0 Å². The number of rotatable bonds is 1. The highest BCUT2D eigenvalue weighted by Crippen LogP contribution is 2.74. The number of benzene rings is 1. The van der Waals surface area contributed by atoms with Crippen LogP contribution in [0, 0.1) is 62.0 Å². The van der Waals surface area contributed by atoms with Crippen LogP contribution >= 0.6 is 11.6 Å². The first-order valence-electron chi connectivity index (χ1n) is 5.13. The van der Waals surface area contributed by atoms with E-state index in [0.717, 1.165) is 6.07 Å². The van der Waals surface area contributed by atoms with Gasteiger partial charge in [-0.1, -0.05) is 17.7 Å². The second-order valence-electron chi connectivity index (χ2n) is 4.13. The highest BCUT2D eigenvalue weighted by molar-refractivity contribution is 6.31. The fourth-order valence-electron chi connectivity index (χ4n) is 2.36. The second kappa shape index (κ2) is 3.96. The van der Waals surface area contributed by atoms with Crippen molar-refractivity contribution in [3.63, 3.8) is 0 Å². The summed E-state index contributed by atoms with van der Waals surface area (Å²) in [5.74, 6) is -1.90. The molecule has 1 fully saturated rings. The monoisotopic (exact) mass is 270 g/mol.